The van der Waals surface area contributed by atoms with Gasteiger partial charge in [-0.1, -0.05) is 25.0 Å². The van der Waals surface area contributed by atoms with Gasteiger partial charge in [0.05, 0.1) is 0 Å². The van der Waals surface area contributed by atoms with Gasteiger partial charge in [0.2, 0.25) is 0 Å². The van der Waals surface area contributed by atoms with Crippen LogP contribution in [0.2, 0.25) is 0 Å². The van der Waals surface area contributed by atoms with Crippen molar-refractivity contribution in [3.63, 3.8) is 0 Å². The molecule has 0 unspecified atom stereocenters. The maximum Gasteiger partial charge on any atom is 0.298 e. The summed E-state index contributed by atoms with van der Waals surface area (Å²) in [5, 5.41) is 0. The first kappa shape index (κ1) is 10.6. The van der Waals surface area contributed by atoms with E-state index in [0.29, 0.717) is 0 Å². The molecule has 0 atom stereocenters. The normalized spacial score (nSPS) is 16.8. The third-order valence-corrected chi connectivity index (χ3v) is 3.62. The van der Waals surface area contributed by atoms with Gasteiger partial charge in [0.1, 0.15) is 5.52 Å². The van der Waals surface area contributed by atoms with Crippen molar-refractivity contribution in [2.45, 2.75) is 25.7 Å². The summed E-state index contributed by atoms with van der Waals surface area (Å²) >= 11 is 0. The minimum absolute atomic E-state index is 0.748. The van der Waals surface area contributed by atoms with Crippen LogP contribution in [0.5, 0.6) is 0 Å². The Morgan fingerprint density at radius 2 is 2.06 bits per heavy atom. The lowest BCUT2D eigenvalue weighted by Crippen LogP contribution is -2.24. The summed E-state index contributed by atoms with van der Waals surface area (Å²) in [6.45, 7) is 1.06. The van der Waals surface area contributed by atoms with Gasteiger partial charge in [-0.25, -0.2) is 0 Å². The maximum atomic E-state index is 5.75. The molecule has 1 aliphatic rings. The van der Waals surface area contributed by atoms with E-state index >= 15 is 0 Å². The van der Waals surface area contributed by atoms with Crippen molar-refractivity contribution in [3.05, 3.63) is 24.3 Å². The fourth-order valence-corrected chi connectivity index (χ4v) is 2.68. The molecule has 0 amide bonds. The zero-order valence-corrected chi connectivity index (χ0v) is 10.2. The van der Waals surface area contributed by atoms with Gasteiger partial charge in [0, 0.05) is 13.6 Å². The van der Waals surface area contributed by atoms with E-state index in [1.54, 1.807) is 0 Å². The molecule has 17 heavy (non-hydrogen) atoms. The minimum atomic E-state index is 0.748. The monoisotopic (exact) mass is 230 g/mol. The summed E-state index contributed by atoms with van der Waals surface area (Å²) in [6, 6.07) is 8.68. The first-order valence-electron chi connectivity index (χ1n) is 6.39. The number of aromatic nitrogens is 1. The van der Waals surface area contributed by atoms with Gasteiger partial charge in [-0.05, 0) is 30.9 Å². The Morgan fingerprint density at radius 3 is 2.82 bits per heavy atom. The highest BCUT2D eigenvalue weighted by Gasteiger charge is 2.19. The molecule has 0 saturated heterocycles. The van der Waals surface area contributed by atoms with Crippen molar-refractivity contribution in [2.24, 2.45) is 5.92 Å². The Hall–Kier alpha value is -1.51. The molecule has 0 spiro atoms. The first-order chi connectivity index (χ1) is 8.33. The van der Waals surface area contributed by atoms with E-state index in [4.69, 9.17) is 4.42 Å². The fraction of sp³-hybridized carbons (Fsp3) is 0.500. The Morgan fingerprint density at radius 1 is 1.29 bits per heavy atom. The summed E-state index contributed by atoms with van der Waals surface area (Å²) in [6.07, 6.45) is 5.47. The van der Waals surface area contributed by atoms with E-state index < -0.39 is 0 Å². The molecule has 1 fully saturated rings. The smallest absolute Gasteiger partial charge is 0.298 e. The summed E-state index contributed by atoms with van der Waals surface area (Å²) in [4.78, 5) is 6.66. The van der Waals surface area contributed by atoms with Crippen LogP contribution in [0, 0.1) is 5.92 Å². The highest BCUT2D eigenvalue weighted by Crippen LogP contribution is 2.27. The van der Waals surface area contributed by atoms with E-state index in [1.165, 1.54) is 25.7 Å². The highest BCUT2D eigenvalue weighted by atomic mass is 16.4. The van der Waals surface area contributed by atoms with Gasteiger partial charge >= 0.3 is 0 Å². The van der Waals surface area contributed by atoms with E-state index in [9.17, 15) is 0 Å². The van der Waals surface area contributed by atoms with Crippen molar-refractivity contribution in [2.75, 3.05) is 18.5 Å². The van der Waals surface area contributed by atoms with Crippen molar-refractivity contribution in [1.29, 1.82) is 0 Å². The lowest BCUT2D eigenvalue weighted by atomic mass is 10.1. The van der Waals surface area contributed by atoms with Crippen LogP contribution in [0.3, 0.4) is 0 Å². The quantitative estimate of drug-likeness (QED) is 0.808. The standard InChI is InChI=1S/C14H18N2O/c1-16(10-11-6-2-3-7-11)14-15-12-8-4-5-9-13(12)17-14/h4-5,8-9,11H,2-3,6-7,10H2,1H3. The Bertz CT molecular complexity index is 467. The number of hydrogen-bond acceptors (Lipinski definition) is 3. The molecule has 2 aromatic rings. The predicted octanol–water partition coefficient (Wildman–Crippen LogP) is 3.45. The second-order valence-corrected chi connectivity index (χ2v) is 5.00. The Kier molecular flexibility index (Phi) is 2.75. The lowest BCUT2D eigenvalue weighted by molar-refractivity contribution is 0.509. The number of fused-ring (bicyclic) bond motifs is 1. The van der Waals surface area contributed by atoms with Gasteiger partial charge in [0.15, 0.2) is 5.58 Å². The molecule has 0 aliphatic heterocycles. The number of para-hydroxylation sites is 2. The number of nitrogens with zero attached hydrogens (tertiary/aromatic N) is 2. The minimum Gasteiger partial charge on any atom is -0.423 e. The molecule has 1 aromatic heterocycles. The molecule has 0 N–H and O–H groups in total. The molecular weight excluding hydrogens is 212 g/mol. The molecule has 0 radical (unpaired) electrons. The molecule has 3 rings (SSSR count). The number of benzene rings is 1. The molecule has 1 aromatic carbocycles. The number of hydrogen-bond donors (Lipinski definition) is 0. The zero-order chi connectivity index (χ0) is 11.7. The van der Waals surface area contributed by atoms with Crippen LogP contribution in [0.4, 0.5) is 6.01 Å². The number of oxazole rings is 1. The van der Waals surface area contributed by atoms with E-state index in [2.05, 4.69) is 16.9 Å². The molecule has 3 heteroatoms. The third-order valence-electron chi connectivity index (χ3n) is 3.62. The highest BCUT2D eigenvalue weighted by molar-refractivity contribution is 5.74. The van der Waals surface area contributed by atoms with Gasteiger partial charge in [-0.2, -0.15) is 4.98 Å². The van der Waals surface area contributed by atoms with E-state index in [-0.39, 0.29) is 0 Å². The maximum absolute atomic E-state index is 5.75. The largest absolute Gasteiger partial charge is 0.423 e. The zero-order valence-electron chi connectivity index (χ0n) is 10.2. The van der Waals surface area contributed by atoms with Crippen LogP contribution in [0.25, 0.3) is 11.1 Å². The summed E-state index contributed by atoms with van der Waals surface area (Å²) < 4.78 is 5.75. The molecule has 3 nitrogen and oxygen atoms in total. The molecule has 1 saturated carbocycles. The van der Waals surface area contributed by atoms with Crippen LogP contribution in [-0.4, -0.2) is 18.6 Å². The van der Waals surface area contributed by atoms with Crippen molar-refractivity contribution in [1.82, 2.24) is 4.98 Å². The molecule has 1 aliphatic carbocycles. The Balaban J connectivity index is 1.77. The van der Waals surface area contributed by atoms with Crippen molar-refractivity contribution in [3.8, 4) is 0 Å². The number of anilines is 1. The Labute approximate surface area is 101 Å². The number of rotatable bonds is 3. The van der Waals surface area contributed by atoms with Crippen LogP contribution < -0.4 is 4.90 Å². The van der Waals surface area contributed by atoms with Gasteiger partial charge in [-0.15, -0.1) is 0 Å². The van der Waals surface area contributed by atoms with E-state index in [0.717, 1.165) is 29.6 Å². The molecular formula is C14H18N2O. The second-order valence-electron chi connectivity index (χ2n) is 5.00. The van der Waals surface area contributed by atoms with Crippen LogP contribution in [0.15, 0.2) is 28.7 Å². The average molecular weight is 230 g/mol. The summed E-state index contributed by atoms with van der Waals surface area (Å²) in [5.74, 6) is 0.815. The van der Waals surface area contributed by atoms with Crippen molar-refractivity contribution < 1.29 is 4.42 Å². The molecule has 1 heterocycles. The predicted molar refractivity (Wildman–Crippen MR) is 69.2 cm³/mol. The van der Waals surface area contributed by atoms with Crippen LogP contribution in [-0.2, 0) is 0 Å². The molecule has 0 bridgehead atoms. The SMILES string of the molecule is CN(CC1CCCC1)c1nc2ccccc2o1. The topological polar surface area (TPSA) is 29.3 Å². The lowest BCUT2D eigenvalue weighted by Gasteiger charge is -2.18. The van der Waals surface area contributed by atoms with Gasteiger partial charge in [-0.3, -0.25) is 0 Å². The summed E-state index contributed by atoms with van der Waals surface area (Å²) in [5.41, 5.74) is 1.82. The average Bonchev–Trinajstić information content (AvgIpc) is 2.96. The third kappa shape index (κ3) is 2.14. The van der Waals surface area contributed by atoms with Crippen molar-refractivity contribution >= 4 is 17.1 Å². The van der Waals surface area contributed by atoms with Gasteiger partial charge < -0.3 is 9.32 Å². The van der Waals surface area contributed by atoms with Gasteiger partial charge in [0.25, 0.3) is 6.01 Å². The van der Waals surface area contributed by atoms with E-state index in [1.807, 2.05) is 24.3 Å². The first-order valence-corrected chi connectivity index (χ1v) is 6.39. The van der Waals surface area contributed by atoms with Crippen LogP contribution in [0.1, 0.15) is 25.7 Å². The fourth-order valence-electron chi connectivity index (χ4n) is 2.68. The molecule has 90 valence electrons. The van der Waals surface area contributed by atoms with Crippen LogP contribution >= 0.6 is 0 Å². The summed E-state index contributed by atoms with van der Waals surface area (Å²) in [7, 11) is 2.07. The second kappa shape index (κ2) is 4.40.